The van der Waals surface area contributed by atoms with Gasteiger partial charge in [0.25, 0.3) is 0 Å². The number of hydrogen-bond acceptors (Lipinski definition) is 1. The molecule has 0 saturated carbocycles. The third-order valence-electron chi connectivity index (χ3n) is 12.8. The first-order valence-corrected chi connectivity index (χ1v) is 19.9. The molecule has 0 saturated heterocycles. The summed E-state index contributed by atoms with van der Waals surface area (Å²) < 4.78 is 0. The van der Waals surface area contributed by atoms with Crippen molar-refractivity contribution in [3.8, 4) is 11.1 Å². The molecule has 1 nitrogen and oxygen atoms in total. The maximum Gasteiger partial charge on any atom is 0.0541 e. The van der Waals surface area contributed by atoms with Gasteiger partial charge in [-0.25, -0.2) is 0 Å². The van der Waals surface area contributed by atoms with E-state index in [-0.39, 0.29) is 16.7 Å². The van der Waals surface area contributed by atoms with Gasteiger partial charge in [-0.05, 0) is 130 Å². The van der Waals surface area contributed by atoms with Crippen molar-refractivity contribution in [2.45, 2.75) is 44.9 Å². The number of anilines is 3. The second-order valence-electron chi connectivity index (χ2n) is 16.3. The Balaban J connectivity index is 1.25. The molecule has 0 aromatic heterocycles. The van der Waals surface area contributed by atoms with Gasteiger partial charge in [-0.3, -0.25) is 0 Å². The molecule has 270 valence electrons. The van der Waals surface area contributed by atoms with Crippen molar-refractivity contribution in [3.63, 3.8) is 0 Å². The van der Waals surface area contributed by atoms with Crippen LogP contribution in [0.4, 0.5) is 17.1 Å². The third-order valence-corrected chi connectivity index (χ3v) is 12.8. The lowest BCUT2D eigenvalue weighted by Gasteiger charge is -2.37. The monoisotopic (exact) mass is 719 g/mol. The first kappa shape index (κ1) is 34.1. The minimum Gasteiger partial charge on any atom is -0.310 e. The van der Waals surface area contributed by atoms with Gasteiger partial charge in [0.15, 0.2) is 0 Å². The molecule has 0 fully saturated rings. The molecular formula is C55H45N. The van der Waals surface area contributed by atoms with Crippen molar-refractivity contribution < 1.29 is 0 Å². The first-order valence-electron chi connectivity index (χ1n) is 19.9. The van der Waals surface area contributed by atoms with Gasteiger partial charge in [-0.1, -0.05) is 153 Å². The van der Waals surface area contributed by atoms with Gasteiger partial charge in [-0.15, -0.1) is 5.73 Å². The molecule has 2 atom stereocenters. The zero-order valence-electron chi connectivity index (χ0n) is 32.6. The fourth-order valence-electron chi connectivity index (χ4n) is 10.5. The van der Waals surface area contributed by atoms with Crippen molar-refractivity contribution in [2.75, 3.05) is 4.90 Å². The standard InChI is InChI=1S/C55H45N/c1-6-40-45-31-29-39(35-52(45)55(51(40)33-36(2)3)48-26-16-13-23-43(48)44-24-14-17-27-49(44)55)56(53-28-18-15-21-41(53)37-19-9-7-10-20-37)38-30-32-46-42-22-11-8-12-25-47(42)54(4,5)50(46)34-38/h6-11,13-26,28-35,49H,2,27H2,1,3-5H3/b40-6-,51-33+. The lowest BCUT2D eigenvalue weighted by Crippen LogP contribution is -2.33. The zero-order chi connectivity index (χ0) is 38.2. The van der Waals surface area contributed by atoms with Crippen molar-refractivity contribution in [2.24, 2.45) is 5.92 Å². The second-order valence-corrected chi connectivity index (χ2v) is 16.3. The lowest BCUT2D eigenvalue weighted by molar-refractivity contribution is 0.494. The molecule has 1 heteroatoms. The molecule has 5 aliphatic rings. The fraction of sp³-hybridized carbons (Fsp3) is 0.145. The van der Waals surface area contributed by atoms with E-state index in [1.54, 1.807) is 0 Å². The SMILES string of the molecule is C=C(C)/C=C1\C(=C/C)c2ccc(N(c3ccc4c(c3)C(C)(C)C3=C4C=CC=C=C3)c3ccccc3-c3ccccc3)cc2C12c1ccccc1C1=CC=CCC12. The molecule has 5 aromatic rings. The Morgan fingerprint density at radius 3 is 2.27 bits per heavy atom. The van der Waals surface area contributed by atoms with Crippen LogP contribution in [0.5, 0.6) is 0 Å². The van der Waals surface area contributed by atoms with E-state index in [2.05, 4.69) is 209 Å². The van der Waals surface area contributed by atoms with Crippen LogP contribution in [0, 0.1) is 5.92 Å². The predicted molar refractivity (Wildman–Crippen MR) is 237 cm³/mol. The number of fused-ring (bicyclic) bond motifs is 9. The van der Waals surface area contributed by atoms with Crippen LogP contribution in [0.2, 0.25) is 0 Å². The van der Waals surface area contributed by atoms with Gasteiger partial charge in [0.1, 0.15) is 0 Å². The Morgan fingerprint density at radius 2 is 1.48 bits per heavy atom. The van der Waals surface area contributed by atoms with Crippen LogP contribution >= 0.6 is 0 Å². The van der Waals surface area contributed by atoms with Crippen LogP contribution in [0.1, 0.15) is 67.5 Å². The summed E-state index contributed by atoms with van der Waals surface area (Å²) in [5, 5.41) is 0. The Kier molecular flexibility index (Phi) is 7.82. The van der Waals surface area contributed by atoms with Gasteiger partial charge in [-0.2, -0.15) is 0 Å². The summed E-state index contributed by atoms with van der Waals surface area (Å²) >= 11 is 0. The highest BCUT2D eigenvalue weighted by Gasteiger charge is 2.57. The Labute approximate surface area is 331 Å². The Hall–Kier alpha value is -6.40. The van der Waals surface area contributed by atoms with Crippen LogP contribution in [0.15, 0.2) is 199 Å². The molecule has 0 N–H and O–H groups in total. The van der Waals surface area contributed by atoms with E-state index >= 15 is 0 Å². The second kappa shape index (κ2) is 12.8. The number of allylic oxidation sites excluding steroid dienone is 14. The molecule has 0 heterocycles. The van der Waals surface area contributed by atoms with Crippen LogP contribution in [-0.4, -0.2) is 0 Å². The maximum atomic E-state index is 4.44. The maximum absolute atomic E-state index is 4.44. The molecule has 0 amide bonds. The van der Waals surface area contributed by atoms with Gasteiger partial charge >= 0.3 is 0 Å². The van der Waals surface area contributed by atoms with Crippen LogP contribution in [0.25, 0.3) is 27.8 Å². The normalized spacial score (nSPS) is 21.9. The first-order chi connectivity index (χ1) is 27.3. The fourth-order valence-corrected chi connectivity index (χ4v) is 10.5. The highest BCUT2D eigenvalue weighted by Crippen LogP contribution is 2.67. The van der Waals surface area contributed by atoms with E-state index < -0.39 is 0 Å². The number of nitrogens with zero attached hydrogens (tertiary/aromatic N) is 1. The summed E-state index contributed by atoms with van der Waals surface area (Å²) in [5.41, 5.74) is 24.5. The zero-order valence-corrected chi connectivity index (χ0v) is 32.6. The molecule has 1 spiro atoms. The van der Waals surface area contributed by atoms with Gasteiger partial charge < -0.3 is 4.90 Å². The number of hydrogen-bond donors (Lipinski definition) is 0. The summed E-state index contributed by atoms with van der Waals surface area (Å²) in [4.78, 5) is 2.51. The third kappa shape index (κ3) is 4.81. The summed E-state index contributed by atoms with van der Waals surface area (Å²) in [6.07, 6.45) is 21.2. The average Bonchev–Trinajstić information content (AvgIpc) is 3.62. The highest BCUT2D eigenvalue weighted by molar-refractivity contribution is 6.00. The molecule has 5 aliphatic carbocycles. The topological polar surface area (TPSA) is 3.24 Å². The van der Waals surface area contributed by atoms with Gasteiger partial charge in [0.2, 0.25) is 0 Å². The minimum atomic E-state index is -0.364. The number of para-hydroxylation sites is 1. The molecule has 0 bridgehead atoms. The smallest absolute Gasteiger partial charge is 0.0541 e. The lowest BCUT2D eigenvalue weighted by atomic mass is 9.65. The van der Waals surface area contributed by atoms with Crippen molar-refractivity contribution in [1.29, 1.82) is 0 Å². The van der Waals surface area contributed by atoms with Gasteiger partial charge in [0.05, 0.1) is 11.1 Å². The molecule has 5 aromatic carbocycles. The molecule has 0 radical (unpaired) electrons. The number of rotatable bonds is 5. The van der Waals surface area contributed by atoms with E-state index in [1.807, 2.05) is 6.08 Å². The summed E-state index contributed by atoms with van der Waals surface area (Å²) in [6.45, 7) is 13.5. The minimum absolute atomic E-state index is 0.184. The van der Waals surface area contributed by atoms with E-state index in [0.717, 1.165) is 29.1 Å². The molecule has 2 unspecified atom stereocenters. The van der Waals surface area contributed by atoms with E-state index in [9.17, 15) is 0 Å². The Morgan fingerprint density at radius 1 is 0.768 bits per heavy atom. The van der Waals surface area contributed by atoms with Gasteiger partial charge in [0, 0.05) is 28.3 Å². The van der Waals surface area contributed by atoms with E-state index in [1.165, 1.54) is 72.4 Å². The Bertz CT molecular complexity index is 2760. The molecule has 56 heavy (non-hydrogen) atoms. The van der Waals surface area contributed by atoms with Crippen molar-refractivity contribution in [1.82, 2.24) is 0 Å². The highest BCUT2D eigenvalue weighted by atomic mass is 15.1. The van der Waals surface area contributed by atoms with Crippen LogP contribution < -0.4 is 4.90 Å². The average molecular weight is 720 g/mol. The summed E-state index contributed by atoms with van der Waals surface area (Å²) in [6, 6.07) is 43.2. The van der Waals surface area contributed by atoms with Crippen molar-refractivity contribution >= 4 is 33.8 Å². The molecule has 10 rings (SSSR count). The molecular weight excluding hydrogens is 675 g/mol. The van der Waals surface area contributed by atoms with Crippen LogP contribution in [0.3, 0.4) is 0 Å². The van der Waals surface area contributed by atoms with E-state index in [4.69, 9.17) is 0 Å². The largest absolute Gasteiger partial charge is 0.310 e. The number of benzene rings is 5. The van der Waals surface area contributed by atoms with Crippen molar-refractivity contribution in [3.05, 3.63) is 232 Å². The van der Waals surface area contributed by atoms with Crippen LogP contribution in [-0.2, 0) is 10.8 Å². The van der Waals surface area contributed by atoms with E-state index in [0.29, 0.717) is 0 Å². The quantitative estimate of drug-likeness (QED) is 0.164. The predicted octanol–water partition coefficient (Wildman–Crippen LogP) is 14.3. The summed E-state index contributed by atoms with van der Waals surface area (Å²) in [5.74, 6) is 0.268. The summed E-state index contributed by atoms with van der Waals surface area (Å²) in [7, 11) is 0. The molecule has 0 aliphatic heterocycles.